The lowest BCUT2D eigenvalue weighted by Crippen LogP contribution is -2.35. The zero-order valence-electron chi connectivity index (χ0n) is 16.9. The Morgan fingerprint density at radius 2 is 2.08 bits per heavy atom. The molecule has 1 saturated heterocycles. The molecule has 2 N–H and O–H groups in total. The maximum absolute atomic E-state index is 6.42. The summed E-state index contributed by atoms with van der Waals surface area (Å²) in [7, 11) is 0. The van der Waals surface area contributed by atoms with Crippen molar-refractivity contribution >= 4 is 0 Å². The second-order valence-corrected chi connectivity index (χ2v) is 8.38. The highest BCUT2D eigenvalue weighted by Gasteiger charge is 2.38. The lowest BCUT2D eigenvalue weighted by molar-refractivity contribution is -0.0575. The van der Waals surface area contributed by atoms with E-state index in [9.17, 15) is 0 Å². The van der Waals surface area contributed by atoms with Crippen molar-refractivity contribution in [2.75, 3.05) is 6.61 Å². The van der Waals surface area contributed by atoms with E-state index in [0.29, 0.717) is 23.7 Å². The molecule has 1 aromatic carbocycles. The van der Waals surface area contributed by atoms with Gasteiger partial charge in [-0.2, -0.15) is 0 Å². The van der Waals surface area contributed by atoms with Crippen LogP contribution in [0.1, 0.15) is 75.2 Å². The Morgan fingerprint density at radius 3 is 2.77 bits per heavy atom. The molecule has 1 aliphatic heterocycles. The van der Waals surface area contributed by atoms with Gasteiger partial charge in [-0.1, -0.05) is 57.5 Å². The van der Waals surface area contributed by atoms with Crippen LogP contribution in [0.25, 0.3) is 0 Å². The monoisotopic (exact) mass is 353 g/mol. The first kappa shape index (κ1) is 19.2. The summed E-state index contributed by atoms with van der Waals surface area (Å²) in [5.74, 6) is 2.11. The molecule has 0 amide bonds. The van der Waals surface area contributed by atoms with Gasteiger partial charge < -0.3 is 10.5 Å². The van der Waals surface area contributed by atoms with Crippen LogP contribution in [0.15, 0.2) is 42.1 Å². The summed E-state index contributed by atoms with van der Waals surface area (Å²) in [6, 6.07) is 6.94. The number of nitrogens with two attached hydrogens (primary N) is 1. The molecule has 0 saturated carbocycles. The Labute approximate surface area is 159 Å². The van der Waals surface area contributed by atoms with E-state index in [0.717, 1.165) is 31.6 Å². The number of benzene rings is 1. The van der Waals surface area contributed by atoms with Crippen LogP contribution >= 0.6 is 0 Å². The lowest BCUT2D eigenvalue weighted by atomic mass is 9.69. The fraction of sp³-hybridized carbons (Fsp3) is 0.583. The lowest BCUT2D eigenvalue weighted by Gasteiger charge is -2.41. The van der Waals surface area contributed by atoms with Crippen LogP contribution in [0, 0.1) is 24.7 Å². The first-order valence-corrected chi connectivity index (χ1v) is 10.4. The first-order valence-electron chi connectivity index (χ1n) is 10.4. The number of hydrogen-bond donors (Lipinski definition) is 1. The van der Waals surface area contributed by atoms with Gasteiger partial charge in [0.2, 0.25) is 0 Å². The molecular weight excluding hydrogens is 318 g/mol. The number of aryl methyl sites for hydroxylation is 1. The molecule has 0 radical (unpaired) electrons. The zero-order valence-corrected chi connectivity index (χ0v) is 16.9. The van der Waals surface area contributed by atoms with Crippen molar-refractivity contribution in [2.24, 2.45) is 23.5 Å². The molecule has 2 heteroatoms. The molecular formula is C24H35NO. The molecule has 0 bridgehead atoms. The average Bonchev–Trinajstić information content (AvgIpc) is 2.64. The molecule has 26 heavy (non-hydrogen) atoms. The van der Waals surface area contributed by atoms with E-state index < -0.39 is 0 Å². The Balaban J connectivity index is 1.94. The Bertz CT molecular complexity index is 673. The normalized spacial score (nSPS) is 27.4. The van der Waals surface area contributed by atoms with Gasteiger partial charge in [-0.15, -0.1) is 0 Å². The number of ether oxygens (including phenoxy) is 1. The molecule has 1 aliphatic carbocycles. The number of allylic oxidation sites excluding steroid dienone is 4. The predicted octanol–water partition coefficient (Wildman–Crippen LogP) is 6.03. The molecule has 1 fully saturated rings. The highest BCUT2D eigenvalue weighted by Crippen LogP contribution is 2.46. The van der Waals surface area contributed by atoms with Gasteiger partial charge in [0, 0.05) is 18.2 Å². The smallest absolute Gasteiger partial charge is 0.0858 e. The minimum Gasteiger partial charge on any atom is -0.402 e. The van der Waals surface area contributed by atoms with Crippen LogP contribution < -0.4 is 5.73 Å². The van der Waals surface area contributed by atoms with Crippen molar-refractivity contribution < 1.29 is 4.74 Å². The summed E-state index contributed by atoms with van der Waals surface area (Å²) in [6.07, 6.45) is 11.3. The molecule has 142 valence electrons. The van der Waals surface area contributed by atoms with Crippen molar-refractivity contribution in [3.63, 3.8) is 0 Å². The summed E-state index contributed by atoms with van der Waals surface area (Å²) in [6.45, 7) is 9.95. The van der Waals surface area contributed by atoms with Gasteiger partial charge in [0.25, 0.3) is 0 Å². The van der Waals surface area contributed by atoms with Crippen LogP contribution in [0.4, 0.5) is 0 Å². The average molecular weight is 354 g/mol. The van der Waals surface area contributed by atoms with E-state index in [2.05, 4.69) is 64.1 Å². The highest BCUT2D eigenvalue weighted by molar-refractivity contribution is 5.35. The maximum atomic E-state index is 6.42. The molecule has 2 aliphatic rings. The van der Waals surface area contributed by atoms with Gasteiger partial charge in [-0.25, -0.2) is 0 Å². The summed E-state index contributed by atoms with van der Waals surface area (Å²) in [5.41, 5.74) is 11.6. The van der Waals surface area contributed by atoms with Gasteiger partial charge in [-0.3, -0.25) is 0 Å². The third-order valence-electron chi connectivity index (χ3n) is 6.43. The third-order valence-corrected chi connectivity index (χ3v) is 6.43. The largest absolute Gasteiger partial charge is 0.402 e. The van der Waals surface area contributed by atoms with Gasteiger partial charge >= 0.3 is 0 Å². The van der Waals surface area contributed by atoms with Gasteiger partial charge in [0.05, 0.1) is 6.10 Å². The quantitative estimate of drug-likeness (QED) is 0.701. The highest BCUT2D eigenvalue weighted by atomic mass is 16.5. The van der Waals surface area contributed by atoms with Crippen LogP contribution in [0.5, 0.6) is 0 Å². The predicted molar refractivity (Wildman–Crippen MR) is 110 cm³/mol. The molecule has 0 aromatic heterocycles. The molecule has 1 unspecified atom stereocenters. The fourth-order valence-corrected chi connectivity index (χ4v) is 4.86. The molecule has 1 aromatic rings. The van der Waals surface area contributed by atoms with Gasteiger partial charge in [0.1, 0.15) is 0 Å². The Kier molecular flexibility index (Phi) is 6.24. The summed E-state index contributed by atoms with van der Waals surface area (Å²) in [5, 5.41) is 0. The van der Waals surface area contributed by atoms with Crippen LogP contribution in [-0.4, -0.2) is 6.61 Å². The third kappa shape index (κ3) is 3.91. The second kappa shape index (κ2) is 8.43. The molecule has 4 atom stereocenters. The van der Waals surface area contributed by atoms with Gasteiger partial charge in [-0.05, 0) is 66.7 Å². The maximum Gasteiger partial charge on any atom is 0.0858 e. The summed E-state index contributed by atoms with van der Waals surface area (Å²) >= 11 is 0. The fourth-order valence-electron chi connectivity index (χ4n) is 4.86. The van der Waals surface area contributed by atoms with E-state index >= 15 is 0 Å². The topological polar surface area (TPSA) is 35.2 Å². The molecule has 1 heterocycles. The first-order chi connectivity index (χ1) is 12.5. The number of rotatable bonds is 5. The minimum atomic E-state index is 0.200. The Morgan fingerprint density at radius 1 is 1.27 bits per heavy atom. The van der Waals surface area contributed by atoms with E-state index in [-0.39, 0.29) is 6.10 Å². The van der Waals surface area contributed by atoms with Crippen molar-refractivity contribution in [1.82, 2.24) is 0 Å². The van der Waals surface area contributed by atoms with E-state index in [1.54, 1.807) is 0 Å². The molecule has 2 nitrogen and oxygen atoms in total. The van der Waals surface area contributed by atoms with Crippen LogP contribution in [-0.2, 0) is 4.74 Å². The van der Waals surface area contributed by atoms with Gasteiger partial charge in [0.15, 0.2) is 0 Å². The van der Waals surface area contributed by atoms with Crippen molar-refractivity contribution in [2.45, 2.75) is 65.4 Å². The summed E-state index contributed by atoms with van der Waals surface area (Å²) < 4.78 is 6.42. The van der Waals surface area contributed by atoms with Crippen LogP contribution in [0.3, 0.4) is 0 Å². The van der Waals surface area contributed by atoms with E-state index in [4.69, 9.17) is 10.5 Å². The van der Waals surface area contributed by atoms with E-state index in [1.807, 2.05) is 0 Å². The van der Waals surface area contributed by atoms with Crippen molar-refractivity contribution in [1.29, 1.82) is 0 Å². The van der Waals surface area contributed by atoms with Crippen molar-refractivity contribution in [3.05, 3.63) is 58.8 Å². The summed E-state index contributed by atoms with van der Waals surface area (Å²) in [4.78, 5) is 0. The molecule has 3 rings (SSSR count). The zero-order chi connectivity index (χ0) is 18.7. The van der Waals surface area contributed by atoms with E-state index in [1.165, 1.54) is 23.1 Å². The second-order valence-electron chi connectivity index (χ2n) is 8.38. The standard InChI is InChI=1S/C24H35NO/c1-5-19(20-9-6-7-11-23(20)25)21-10-8-14-26-24(21)22-15-18(16(2)3)13-12-17(22)4/h6-7,11-13,15-16,19-21,24H,5,8-10,14,25H2,1-4H3/t19-,20?,21-,24-/m0/s1. The number of hydrogen-bond acceptors (Lipinski definition) is 2. The Hall–Kier alpha value is -1.54. The SMILES string of the molecule is CC[C@@H](C1CC=CC=C1N)[C@@H]1CCCO[C@@H]1c1cc(C(C)C)ccc1C. The van der Waals surface area contributed by atoms with Crippen molar-refractivity contribution in [3.8, 4) is 0 Å². The minimum absolute atomic E-state index is 0.200. The molecule has 0 spiro atoms. The van der Waals surface area contributed by atoms with Crippen LogP contribution in [0.2, 0.25) is 0 Å².